The third kappa shape index (κ3) is 3.22. The van der Waals surface area contributed by atoms with E-state index in [9.17, 15) is 9.59 Å². The number of nitrogens with one attached hydrogen (secondary N) is 1. The minimum Gasteiger partial charge on any atom is -0.419 e. The van der Waals surface area contributed by atoms with Crippen molar-refractivity contribution in [1.82, 2.24) is 9.55 Å². The van der Waals surface area contributed by atoms with Crippen LogP contribution in [0.25, 0.3) is 11.0 Å². The van der Waals surface area contributed by atoms with E-state index in [-0.39, 0.29) is 5.57 Å². The van der Waals surface area contributed by atoms with E-state index in [1.165, 1.54) is 20.0 Å². The maximum Gasteiger partial charge on any atom is 0.350 e. The van der Waals surface area contributed by atoms with Crippen LogP contribution in [0.1, 0.15) is 33.5 Å². The summed E-state index contributed by atoms with van der Waals surface area (Å²) < 4.78 is 12.3. The number of hydrogen-bond acceptors (Lipinski definition) is 6. The van der Waals surface area contributed by atoms with Crippen LogP contribution in [-0.4, -0.2) is 27.3 Å². The molecule has 132 valence electrons. The van der Waals surface area contributed by atoms with E-state index in [1.54, 1.807) is 0 Å². The first-order valence-electron chi connectivity index (χ1n) is 8.27. The molecule has 0 unspecified atom stereocenters. The van der Waals surface area contributed by atoms with Crippen molar-refractivity contribution in [2.24, 2.45) is 0 Å². The average molecular weight is 343 g/mol. The predicted octanol–water partition coefficient (Wildman–Crippen LogP) is 2.75. The van der Waals surface area contributed by atoms with E-state index < -0.39 is 17.7 Å². The number of aromatic nitrogens is 2. The zero-order valence-electron chi connectivity index (χ0n) is 14.8. The fraction of sp³-hybridized carbons (Fsp3) is 0.389. The molecule has 0 spiro atoms. The summed E-state index contributed by atoms with van der Waals surface area (Å²) in [5.41, 5.74) is 2.45. The molecule has 1 aromatic carbocycles. The minimum absolute atomic E-state index is 0.173. The van der Waals surface area contributed by atoms with Crippen LogP contribution in [0.4, 0.5) is 5.69 Å². The van der Waals surface area contributed by atoms with Crippen molar-refractivity contribution >= 4 is 28.7 Å². The Morgan fingerprint density at radius 1 is 1.20 bits per heavy atom. The lowest BCUT2D eigenvalue weighted by Gasteiger charge is -2.29. The highest BCUT2D eigenvalue weighted by molar-refractivity contribution is 6.15. The lowest BCUT2D eigenvalue weighted by Crippen LogP contribution is -2.42. The van der Waals surface area contributed by atoms with Crippen LogP contribution >= 0.6 is 0 Å². The van der Waals surface area contributed by atoms with E-state index in [2.05, 4.69) is 28.7 Å². The first-order valence-corrected chi connectivity index (χ1v) is 8.27. The van der Waals surface area contributed by atoms with Crippen LogP contribution in [0.5, 0.6) is 0 Å². The maximum atomic E-state index is 11.9. The van der Waals surface area contributed by atoms with Gasteiger partial charge in [0.05, 0.1) is 11.0 Å². The molecule has 0 atom stereocenters. The van der Waals surface area contributed by atoms with E-state index in [1.807, 2.05) is 18.2 Å². The molecule has 1 fully saturated rings. The number of rotatable bonds is 4. The average Bonchev–Trinajstić information content (AvgIpc) is 2.89. The van der Waals surface area contributed by atoms with E-state index >= 15 is 0 Å². The summed E-state index contributed by atoms with van der Waals surface area (Å²) in [7, 11) is 0. The van der Waals surface area contributed by atoms with Crippen LogP contribution in [0.15, 0.2) is 30.0 Å². The highest BCUT2D eigenvalue weighted by Crippen LogP contribution is 2.24. The summed E-state index contributed by atoms with van der Waals surface area (Å²) in [4.78, 5) is 28.5. The lowest BCUT2D eigenvalue weighted by molar-refractivity contribution is -0.222. The van der Waals surface area contributed by atoms with Gasteiger partial charge >= 0.3 is 11.9 Å². The number of anilines is 1. The Hall–Kier alpha value is -2.83. The van der Waals surface area contributed by atoms with Gasteiger partial charge in [0.25, 0.3) is 5.79 Å². The molecule has 2 aromatic rings. The number of hydrogen-bond donors (Lipinski definition) is 1. The predicted molar refractivity (Wildman–Crippen MR) is 92.8 cm³/mol. The summed E-state index contributed by atoms with van der Waals surface area (Å²) in [6, 6.07) is 5.71. The molecule has 1 N–H and O–H groups in total. The van der Waals surface area contributed by atoms with E-state index in [0.29, 0.717) is 5.69 Å². The van der Waals surface area contributed by atoms with Gasteiger partial charge in [-0.15, -0.1) is 0 Å². The van der Waals surface area contributed by atoms with Gasteiger partial charge in [-0.3, -0.25) is 0 Å². The highest BCUT2D eigenvalue weighted by Gasteiger charge is 2.38. The second-order valence-electron chi connectivity index (χ2n) is 6.21. The molecule has 0 radical (unpaired) electrons. The molecule has 0 aliphatic carbocycles. The number of imidazole rings is 1. The molecule has 1 saturated heterocycles. The molecule has 25 heavy (non-hydrogen) atoms. The standard InChI is InChI=1S/C18H21N3O4/c1-5-15-20-13-9-11(7-8-14(13)21(15)6-2)19-10-12-16(22)24-18(3,4)25-17(12)23/h7-10,19H,5-6H2,1-4H3. The molecule has 7 nitrogen and oxygen atoms in total. The topological polar surface area (TPSA) is 82.5 Å². The largest absolute Gasteiger partial charge is 0.419 e. The van der Waals surface area contributed by atoms with Gasteiger partial charge in [-0.05, 0) is 25.1 Å². The number of fused-ring (bicyclic) bond motifs is 1. The Morgan fingerprint density at radius 3 is 2.48 bits per heavy atom. The van der Waals surface area contributed by atoms with Gasteiger partial charge in [0, 0.05) is 38.7 Å². The van der Waals surface area contributed by atoms with Gasteiger partial charge in [0.1, 0.15) is 5.82 Å². The van der Waals surface area contributed by atoms with Crippen LogP contribution in [0.3, 0.4) is 0 Å². The van der Waals surface area contributed by atoms with Gasteiger partial charge in [0.15, 0.2) is 5.57 Å². The van der Waals surface area contributed by atoms with Crippen molar-refractivity contribution in [3.63, 3.8) is 0 Å². The summed E-state index contributed by atoms with van der Waals surface area (Å²) in [5.74, 6) is -1.64. The summed E-state index contributed by atoms with van der Waals surface area (Å²) >= 11 is 0. The molecule has 7 heteroatoms. The summed E-state index contributed by atoms with van der Waals surface area (Å²) in [5, 5.41) is 2.95. The Kier molecular flexibility index (Phi) is 4.24. The highest BCUT2D eigenvalue weighted by atomic mass is 16.7. The van der Waals surface area contributed by atoms with Crippen molar-refractivity contribution in [3.8, 4) is 0 Å². The molecule has 1 aromatic heterocycles. The van der Waals surface area contributed by atoms with Gasteiger partial charge in [-0.1, -0.05) is 6.92 Å². The Labute approximate surface area is 145 Å². The molecular weight excluding hydrogens is 322 g/mol. The van der Waals surface area contributed by atoms with Gasteiger partial charge in [-0.2, -0.15) is 0 Å². The van der Waals surface area contributed by atoms with Crippen LogP contribution in [0, 0.1) is 0 Å². The van der Waals surface area contributed by atoms with Crippen molar-refractivity contribution in [1.29, 1.82) is 0 Å². The first kappa shape index (κ1) is 17.0. The van der Waals surface area contributed by atoms with Crippen molar-refractivity contribution in [3.05, 3.63) is 35.8 Å². The van der Waals surface area contributed by atoms with E-state index in [0.717, 1.165) is 29.8 Å². The number of aryl methyl sites for hydroxylation is 2. The molecule has 0 amide bonds. The molecule has 3 rings (SSSR count). The van der Waals surface area contributed by atoms with Crippen LogP contribution in [0.2, 0.25) is 0 Å². The molecule has 1 aliphatic heterocycles. The Balaban J connectivity index is 1.86. The number of benzene rings is 1. The SMILES string of the molecule is CCc1nc2cc(NC=C3C(=O)OC(C)(C)OC3=O)ccc2n1CC. The lowest BCUT2D eigenvalue weighted by atomic mass is 10.2. The monoisotopic (exact) mass is 343 g/mol. The Morgan fingerprint density at radius 2 is 1.88 bits per heavy atom. The van der Waals surface area contributed by atoms with E-state index in [4.69, 9.17) is 9.47 Å². The first-order chi connectivity index (χ1) is 11.8. The van der Waals surface area contributed by atoms with Crippen LogP contribution < -0.4 is 5.32 Å². The Bertz CT molecular complexity index is 858. The zero-order chi connectivity index (χ0) is 18.2. The number of ether oxygens (including phenoxy) is 2. The summed E-state index contributed by atoms with van der Waals surface area (Å²) in [6.07, 6.45) is 2.15. The van der Waals surface area contributed by atoms with Gasteiger partial charge in [-0.25, -0.2) is 14.6 Å². The molecule has 0 saturated carbocycles. The number of cyclic esters (lactones) is 2. The molecule has 1 aliphatic rings. The zero-order valence-corrected chi connectivity index (χ0v) is 14.8. The van der Waals surface area contributed by atoms with Crippen LogP contribution in [-0.2, 0) is 32.0 Å². The molecule has 2 heterocycles. The minimum atomic E-state index is -1.24. The van der Waals surface area contributed by atoms with Crippen molar-refractivity contribution in [2.75, 3.05) is 5.32 Å². The number of esters is 2. The number of nitrogens with zero attached hydrogens (tertiary/aromatic N) is 2. The smallest absolute Gasteiger partial charge is 0.350 e. The fourth-order valence-corrected chi connectivity index (χ4v) is 2.83. The third-order valence-corrected chi connectivity index (χ3v) is 3.96. The maximum absolute atomic E-state index is 11.9. The second kappa shape index (κ2) is 6.23. The summed E-state index contributed by atoms with van der Waals surface area (Å²) in [6.45, 7) is 8.02. The van der Waals surface area contributed by atoms with Crippen molar-refractivity contribution in [2.45, 2.75) is 46.4 Å². The number of carbonyl (C=O) groups is 2. The molecule has 0 bridgehead atoms. The molecular formula is C18H21N3O4. The second-order valence-corrected chi connectivity index (χ2v) is 6.21. The van der Waals surface area contributed by atoms with Crippen molar-refractivity contribution < 1.29 is 19.1 Å². The number of carbonyl (C=O) groups excluding carboxylic acids is 2. The third-order valence-electron chi connectivity index (χ3n) is 3.96. The van der Waals surface area contributed by atoms with Gasteiger partial charge in [0.2, 0.25) is 0 Å². The van der Waals surface area contributed by atoms with Gasteiger partial charge < -0.3 is 19.4 Å². The normalized spacial score (nSPS) is 16.6. The quantitative estimate of drug-likeness (QED) is 0.522. The fourth-order valence-electron chi connectivity index (χ4n) is 2.83.